The van der Waals surface area contributed by atoms with Gasteiger partial charge in [-0.1, -0.05) is 18.2 Å². The fraction of sp³-hybridized carbons (Fsp3) is 0.381. The van der Waals surface area contributed by atoms with E-state index in [1.54, 1.807) is 29.4 Å². The Morgan fingerprint density at radius 3 is 2.82 bits per heavy atom. The molecule has 1 aromatic carbocycles. The van der Waals surface area contributed by atoms with Crippen LogP contribution >= 0.6 is 23.1 Å². The van der Waals surface area contributed by atoms with Gasteiger partial charge in [-0.3, -0.25) is 4.79 Å². The van der Waals surface area contributed by atoms with E-state index in [2.05, 4.69) is 52.7 Å². The smallest absolute Gasteiger partial charge is 0.223 e. The summed E-state index contributed by atoms with van der Waals surface area (Å²) in [5, 5.41) is 7.52. The second-order valence-corrected chi connectivity index (χ2v) is 8.98. The third kappa shape index (κ3) is 4.06. The molecule has 0 saturated carbocycles. The van der Waals surface area contributed by atoms with Gasteiger partial charge in [0.15, 0.2) is 0 Å². The Kier molecular flexibility index (Phi) is 5.94. The predicted octanol–water partition coefficient (Wildman–Crippen LogP) is 3.89. The molecule has 3 aromatic rings. The van der Waals surface area contributed by atoms with E-state index >= 15 is 0 Å². The summed E-state index contributed by atoms with van der Waals surface area (Å²) in [6.07, 6.45) is 2.17. The first-order chi connectivity index (χ1) is 13.6. The Hall–Kier alpha value is -1.96. The molecule has 0 atom stereocenters. The van der Waals surface area contributed by atoms with Crippen molar-refractivity contribution in [2.75, 3.05) is 31.9 Å². The largest absolute Gasteiger partial charge is 0.340 e. The van der Waals surface area contributed by atoms with Crippen molar-refractivity contribution in [3.63, 3.8) is 0 Å². The Bertz CT molecular complexity index is 995. The molecule has 3 heterocycles. The van der Waals surface area contributed by atoms with E-state index in [-0.39, 0.29) is 5.91 Å². The van der Waals surface area contributed by atoms with E-state index in [4.69, 9.17) is 0 Å². The first-order valence-electron chi connectivity index (χ1n) is 9.54. The van der Waals surface area contributed by atoms with Gasteiger partial charge in [-0.05, 0) is 30.5 Å². The minimum atomic E-state index is 0.235. The molecule has 1 N–H and O–H groups in total. The van der Waals surface area contributed by atoms with E-state index in [9.17, 15) is 4.79 Å². The van der Waals surface area contributed by atoms with Crippen LogP contribution in [0.5, 0.6) is 0 Å². The molecule has 28 heavy (non-hydrogen) atoms. The van der Waals surface area contributed by atoms with Crippen molar-refractivity contribution >= 4 is 39.2 Å². The van der Waals surface area contributed by atoms with Crippen LogP contribution in [0.25, 0.3) is 21.3 Å². The Morgan fingerprint density at radius 2 is 2.04 bits per heavy atom. The summed E-state index contributed by atoms with van der Waals surface area (Å²) < 4.78 is 0. The molecule has 1 aliphatic heterocycles. The fourth-order valence-electron chi connectivity index (χ4n) is 3.39. The molecule has 7 heteroatoms. The number of fused-ring (bicyclic) bond motifs is 1. The van der Waals surface area contributed by atoms with Gasteiger partial charge in [-0.2, -0.15) is 0 Å². The highest BCUT2D eigenvalue weighted by Crippen LogP contribution is 2.38. The molecule has 1 saturated heterocycles. The van der Waals surface area contributed by atoms with Crippen LogP contribution < -0.4 is 5.32 Å². The second kappa shape index (κ2) is 8.59. The van der Waals surface area contributed by atoms with Crippen LogP contribution in [0.3, 0.4) is 0 Å². The third-order valence-corrected chi connectivity index (χ3v) is 7.06. The SMILES string of the molecule is Cc1ccc(-c2csc3ncnc(SCCC(=O)N4CCNCC4)c23)cc1C. The van der Waals surface area contributed by atoms with Crippen LogP contribution in [0.2, 0.25) is 0 Å². The average molecular weight is 413 g/mol. The minimum absolute atomic E-state index is 0.235. The molecule has 0 aliphatic carbocycles. The normalized spacial score (nSPS) is 14.6. The summed E-state index contributed by atoms with van der Waals surface area (Å²) in [6, 6.07) is 6.56. The topological polar surface area (TPSA) is 58.1 Å². The summed E-state index contributed by atoms with van der Waals surface area (Å²) >= 11 is 3.30. The van der Waals surface area contributed by atoms with Crippen molar-refractivity contribution in [2.24, 2.45) is 0 Å². The number of thioether (sulfide) groups is 1. The Morgan fingerprint density at radius 1 is 1.21 bits per heavy atom. The van der Waals surface area contributed by atoms with Crippen molar-refractivity contribution in [1.29, 1.82) is 0 Å². The third-order valence-electron chi connectivity index (χ3n) is 5.18. The minimum Gasteiger partial charge on any atom is -0.340 e. The number of hydrogen-bond acceptors (Lipinski definition) is 6. The number of amides is 1. The van der Waals surface area contributed by atoms with Crippen molar-refractivity contribution in [2.45, 2.75) is 25.3 Å². The van der Waals surface area contributed by atoms with Gasteiger partial charge in [0.1, 0.15) is 16.2 Å². The number of nitrogens with one attached hydrogen (secondary N) is 1. The van der Waals surface area contributed by atoms with Gasteiger partial charge in [0.05, 0.1) is 5.39 Å². The zero-order valence-electron chi connectivity index (χ0n) is 16.2. The van der Waals surface area contributed by atoms with Crippen LogP contribution in [0.1, 0.15) is 17.5 Å². The zero-order valence-corrected chi connectivity index (χ0v) is 17.8. The Labute approximate surface area is 173 Å². The van der Waals surface area contributed by atoms with Gasteiger partial charge >= 0.3 is 0 Å². The second-order valence-electron chi connectivity index (χ2n) is 7.04. The van der Waals surface area contributed by atoms with Gasteiger partial charge in [-0.25, -0.2) is 9.97 Å². The average Bonchev–Trinajstić information content (AvgIpc) is 3.16. The summed E-state index contributed by atoms with van der Waals surface area (Å²) in [5.41, 5.74) is 4.95. The molecular formula is C21H24N4OS2. The standard InChI is InChI=1S/C21H24N4OS2/c1-14-3-4-16(11-15(14)2)17-12-28-21-19(17)20(23-13-24-21)27-10-5-18(26)25-8-6-22-7-9-25/h3-4,11-13,22H,5-10H2,1-2H3. The summed E-state index contributed by atoms with van der Waals surface area (Å²) in [6.45, 7) is 7.66. The number of benzene rings is 1. The van der Waals surface area contributed by atoms with Crippen molar-refractivity contribution < 1.29 is 4.79 Å². The molecular weight excluding hydrogens is 388 g/mol. The van der Waals surface area contributed by atoms with Crippen molar-refractivity contribution in [3.8, 4) is 11.1 Å². The Balaban J connectivity index is 1.53. The highest BCUT2D eigenvalue weighted by molar-refractivity contribution is 7.99. The number of carbonyl (C=O) groups excluding carboxylic acids is 1. The van der Waals surface area contributed by atoms with E-state index in [0.717, 1.165) is 47.2 Å². The number of thiophene rings is 1. The molecule has 1 fully saturated rings. The lowest BCUT2D eigenvalue weighted by Crippen LogP contribution is -2.46. The fourth-order valence-corrected chi connectivity index (χ4v) is 5.31. The number of piperazine rings is 1. The maximum atomic E-state index is 12.4. The van der Waals surface area contributed by atoms with Gasteiger partial charge in [0.25, 0.3) is 0 Å². The van der Waals surface area contributed by atoms with Gasteiger partial charge < -0.3 is 10.2 Å². The van der Waals surface area contributed by atoms with E-state index in [1.807, 2.05) is 4.90 Å². The number of hydrogen-bond donors (Lipinski definition) is 1. The van der Waals surface area contributed by atoms with Crippen LogP contribution in [0, 0.1) is 13.8 Å². The van der Waals surface area contributed by atoms with Crippen molar-refractivity contribution in [3.05, 3.63) is 41.0 Å². The summed E-state index contributed by atoms with van der Waals surface area (Å²) in [7, 11) is 0. The predicted molar refractivity (Wildman–Crippen MR) is 117 cm³/mol. The number of rotatable bonds is 5. The van der Waals surface area contributed by atoms with Crippen LogP contribution in [-0.4, -0.2) is 52.7 Å². The molecule has 4 rings (SSSR count). The maximum absolute atomic E-state index is 12.4. The van der Waals surface area contributed by atoms with Gasteiger partial charge in [-0.15, -0.1) is 23.1 Å². The molecule has 1 amide bonds. The van der Waals surface area contributed by atoms with Crippen molar-refractivity contribution in [1.82, 2.24) is 20.2 Å². The summed E-state index contributed by atoms with van der Waals surface area (Å²) in [4.78, 5) is 24.4. The lowest BCUT2D eigenvalue weighted by atomic mass is 10.0. The number of aromatic nitrogens is 2. The number of nitrogens with zero attached hydrogens (tertiary/aromatic N) is 3. The molecule has 0 unspecified atom stereocenters. The molecule has 0 bridgehead atoms. The van der Waals surface area contributed by atoms with Crippen LogP contribution in [0.15, 0.2) is 34.9 Å². The van der Waals surface area contributed by atoms with Gasteiger partial charge in [0, 0.05) is 49.3 Å². The maximum Gasteiger partial charge on any atom is 0.223 e. The highest BCUT2D eigenvalue weighted by Gasteiger charge is 2.17. The molecule has 0 spiro atoms. The first kappa shape index (κ1) is 19.4. The lowest BCUT2D eigenvalue weighted by Gasteiger charge is -2.27. The van der Waals surface area contributed by atoms with E-state index in [0.29, 0.717) is 6.42 Å². The van der Waals surface area contributed by atoms with Crippen LogP contribution in [-0.2, 0) is 4.79 Å². The first-order valence-corrected chi connectivity index (χ1v) is 11.4. The number of aryl methyl sites for hydroxylation is 2. The molecule has 2 aromatic heterocycles. The quantitative estimate of drug-likeness (QED) is 0.509. The van der Waals surface area contributed by atoms with E-state index in [1.165, 1.54) is 22.3 Å². The lowest BCUT2D eigenvalue weighted by molar-refractivity contribution is -0.131. The molecule has 146 valence electrons. The number of carbonyl (C=O) groups is 1. The summed E-state index contributed by atoms with van der Waals surface area (Å²) in [5.74, 6) is 0.968. The zero-order chi connectivity index (χ0) is 19.5. The molecule has 0 radical (unpaired) electrons. The molecule has 1 aliphatic rings. The highest BCUT2D eigenvalue weighted by atomic mass is 32.2. The monoisotopic (exact) mass is 412 g/mol. The van der Waals surface area contributed by atoms with E-state index < -0.39 is 0 Å². The molecule has 5 nitrogen and oxygen atoms in total. The van der Waals surface area contributed by atoms with Gasteiger partial charge in [0.2, 0.25) is 5.91 Å². The van der Waals surface area contributed by atoms with Crippen LogP contribution in [0.4, 0.5) is 0 Å².